The molecule has 0 aliphatic heterocycles. The van der Waals surface area contributed by atoms with E-state index in [9.17, 15) is 4.79 Å². The number of carbonyl (C=O) groups is 1. The first-order chi connectivity index (χ1) is 7.15. The molecule has 0 saturated carbocycles. The van der Waals surface area contributed by atoms with Gasteiger partial charge in [-0.2, -0.15) is 0 Å². The summed E-state index contributed by atoms with van der Waals surface area (Å²) in [5.41, 5.74) is 7.02. The number of unbranched alkanes of at least 4 members (excludes halogenated alkanes) is 2. The van der Waals surface area contributed by atoms with Gasteiger partial charge in [0.15, 0.2) is 5.78 Å². The van der Waals surface area contributed by atoms with E-state index in [-0.39, 0.29) is 5.78 Å². The highest BCUT2D eigenvalue weighted by Gasteiger charge is 2.09. The summed E-state index contributed by atoms with van der Waals surface area (Å²) in [6.07, 6.45) is 3.83. The molecule has 3 heteroatoms. The van der Waals surface area contributed by atoms with Crippen molar-refractivity contribution in [2.45, 2.75) is 32.6 Å². The van der Waals surface area contributed by atoms with E-state index in [0.717, 1.165) is 29.3 Å². The summed E-state index contributed by atoms with van der Waals surface area (Å²) >= 11 is 3.36. The Kier molecular flexibility index (Phi) is 4.82. The molecule has 0 bridgehead atoms. The van der Waals surface area contributed by atoms with Crippen LogP contribution >= 0.6 is 15.9 Å². The first-order valence-electron chi connectivity index (χ1n) is 5.23. The Morgan fingerprint density at radius 1 is 1.40 bits per heavy atom. The van der Waals surface area contributed by atoms with Gasteiger partial charge in [0, 0.05) is 22.1 Å². The summed E-state index contributed by atoms with van der Waals surface area (Å²) in [7, 11) is 0. The summed E-state index contributed by atoms with van der Waals surface area (Å²) in [5, 5.41) is 0. The van der Waals surface area contributed by atoms with E-state index in [0.29, 0.717) is 12.1 Å². The first kappa shape index (κ1) is 12.2. The largest absolute Gasteiger partial charge is 0.399 e. The van der Waals surface area contributed by atoms with Crippen LogP contribution < -0.4 is 5.73 Å². The fraction of sp³-hybridized carbons (Fsp3) is 0.417. The number of hydrogen-bond donors (Lipinski definition) is 1. The van der Waals surface area contributed by atoms with Crippen molar-refractivity contribution >= 4 is 27.4 Å². The number of benzene rings is 1. The normalized spacial score (nSPS) is 10.3. The highest BCUT2D eigenvalue weighted by molar-refractivity contribution is 9.10. The lowest BCUT2D eigenvalue weighted by molar-refractivity contribution is 0.0978. The van der Waals surface area contributed by atoms with Crippen molar-refractivity contribution in [1.82, 2.24) is 0 Å². The molecule has 1 rings (SSSR count). The summed E-state index contributed by atoms with van der Waals surface area (Å²) in [6, 6.07) is 5.32. The van der Waals surface area contributed by atoms with Crippen molar-refractivity contribution in [2.24, 2.45) is 0 Å². The Morgan fingerprint density at radius 2 is 2.13 bits per heavy atom. The van der Waals surface area contributed by atoms with Crippen LogP contribution in [0.4, 0.5) is 5.69 Å². The number of Topliss-reactive ketones (excluding diaryl/α,β-unsaturated/α-hetero) is 1. The zero-order valence-corrected chi connectivity index (χ0v) is 10.5. The highest BCUT2D eigenvalue weighted by Crippen LogP contribution is 2.21. The zero-order chi connectivity index (χ0) is 11.3. The van der Waals surface area contributed by atoms with Crippen molar-refractivity contribution in [3.63, 3.8) is 0 Å². The van der Waals surface area contributed by atoms with Gasteiger partial charge in [-0.15, -0.1) is 0 Å². The smallest absolute Gasteiger partial charge is 0.164 e. The number of anilines is 1. The molecule has 0 unspecified atom stereocenters. The lowest BCUT2D eigenvalue weighted by atomic mass is 10.0. The molecule has 0 saturated heterocycles. The zero-order valence-electron chi connectivity index (χ0n) is 8.92. The highest BCUT2D eigenvalue weighted by atomic mass is 79.9. The van der Waals surface area contributed by atoms with Gasteiger partial charge >= 0.3 is 0 Å². The summed E-state index contributed by atoms with van der Waals surface area (Å²) < 4.78 is 0.795. The second-order valence-electron chi connectivity index (χ2n) is 3.62. The predicted molar refractivity (Wildman–Crippen MR) is 67.0 cm³/mol. The summed E-state index contributed by atoms with van der Waals surface area (Å²) in [6.45, 7) is 2.13. The summed E-state index contributed by atoms with van der Waals surface area (Å²) in [5.74, 6) is 0.190. The third-order valence-electron chi connectivity index (χ3n) is 2.30. The minimum absolute atomic E-state index is 0.190. The molecule has 0 atom stereocenters. The van der Waals surface area contributed by atoms with Crippen molar-refractivity contribution in [2.75, 3.05) is 5.73 Å². The molecule has 82 valence electrons. The molecule has 0 spiro atoms. The van der Waals surface area contributed by atoms with Crippen LogP contribution in [0.3, 0.4) is 0 Å². The molecule has 0 heterocycles. The molecule has 0 aliphatic rings. The maximum Gasteiger partial charge on any atom is 0.164 e. The second-order valence-corrected chi connectivity index (χ2v) is 4.47. The molecule has 0 aromatic heterocycles. The van der Waals surface area contributed by atoms with Gasteiger partial charge in [-0.05, 0) is 40.5 Å². The van der Waals surface area contributed by atoms with Crippen LogP contribution in [0.1, 0.15) is 43.0 Å². The van der Waals surface area contributed by atoms with Crippen LogP contribution in [0.2, 0.25) is 0 Å². The Hall–Kier alpha value is -0.830. The van der Waals surface area contributed by atoms with E-state index >= 15 is 0 Å². The molecule has 15 heavy (non-hydrogen) atoms. The standard InChI is InChI=1S/C12H16BrNO/c1-2-3-4-5-12(15)10-7-6-9(14)8-11(10)13/h6-8H,2-5,14H2,1H3. The Morgan fingerprint density at radius 3 is 2.73 bits per heavy atom. The molecule has 0 aliphatic carbocycles. The number of ketones is 1. The molecule has 0 radical (unpaired) electrons. The second kappa shape index (κ2) is 5.91. The molecule has 2 N–H and O–H groups in total. The van der Waals surface area contributed by atoms with Crippen LogP contribution in [0.15, 0.2) is 22.7 Å². The van der Waals surface area contributed by atoms with Crippen LogP contribution in [-0.2, 0) is 0 Å². The van der Waals surface area contributed by atoms with Crippen molar-refractivity contribution < 1.29 is 4.79 Å². The quantitative estimate of drug-likeness (QED) is 0.502. The van der Waals surface area contributed by atoms with Gasteiger partial charge in [0.2, 0.25) is 0 Å². The average molecular weight is 270 g/mol. The Labute approximate surface area is 99.0 Å². The van der Waals surface area contributed by atoms with Crippen LogP contribution in [-0.4, -0.2) is 5.78 Å². The number of carbonyl (C=O) groups excluding carboxylic acids is 1. The van der Waals surface area contributed by atoms with Crippen molar-refractivity contribution in [3.8, 4) is 0 Å². The van der Waals surface area contributed by atoms with Gasteiger partial charge < -0.3 is 5.73 Å². The van der Waals surface area contributed by atoms with Gasteiger partial charge in [0.25, 0.3) is 0 Å². The maximum absolute atomic E-state index is 11.8. The van der Waals surface area contributed by atoms with Gasteiger partial charge in [-0.3, -0.25) is 4.79 Å². The SMILES string of the molecule is CCCCCC(=O)c1ccc(N)cc1Br. The fourth-order valence-electron chi connectivity index (χ4n) is 1.43. The van der Waals surface area contributed by atoms with E-state index in [1.54, 1.807) is 18.2 Å². The van der Waals surface area contributed by atoms with Crippen LogP contribution in [0.25, 0.3) is 0 Å². The van der Waals surface area contributed by atoms with Crippen molar-refractivity contribution in [1.29, 1.82) is 0 Å². The minimum Gasteiger partial charge on any atom is -0.399 e. The maximum atomic E-state index is 11.8. The lowest BCUT2D eigenvalue weighted by Gasteiger charge is -2.04. The molecule has 0 fully saturated rings. The van der Waals surface area contributed by atoms with Gasteiger partial charge in [-0.1, -0.05) is 19.8 Å². The molecule has 1 aromatic carbocycles. The molecule has 0 amide bonds. The minimum atomic E-state index is 0.190. The van der Waals surface area contributed by atoms with E-state index in [1.165, 1.54) is 0 Å². The number of hydrogen-bond acceptors (Lipinski definition) is 2. The van der Waals surface area contributed by atoms with E-state index in [1.807, 2.05) is 0 Å². The van der Waals surface area contributed by atoms with E-state index in [4.69, 9.17) is 5.73 Å². The molecular weight excluding hydrogens is 254 g/mol. The number of nitrogens with two attached hydrogens (primary N) is 1. The first-order valence-corrected chi connectivity index (χ1v) is 6.02. The fourth-order valence-corrected chi connectivity index (χ4v) is 2.05. The number of nitrogen functional groups attached to an aromatic ring is 1. The lowest BCUT2D eigenvalue weighted by Crippen LogP contribution is -2.00. The molecule has 1 aromatic rings. The van der Waals surface area contributed by atoms with E-state index in [2.05, 4.69) is 22.9 Å². The molecular formula is C12H16BrNO. The topological polar surface area (TPSA) is 43.1 Å². The number of halogens is 1. The number of rotatable bonds is 5. The Bertz CT molecular complexity index is 349. The monoisotopic (exact) mass is 269 g/mol. The third-order valence-corrected chi connectivity index (χ3v) is 2.96. The molecule has 2 nitrogen and oxygen atoms in total. The van der Waals surface area contributed by atoms with E-state index < -0.39 is 0 Å². The third kappa shape index (κ3) is 3.67. The predicted octanol–water partition coefficient (Wildman–Crippen LogP) is 3.79. The van der Waals surface area contributed by atoms with Crippen LogP contribution in [0, 0.1) is 0 Å². The summed E-state index contributed by atoms with van der Waals surface area (Å²) in [4.78, 5) is 11.8. The van der Waals surface area contributed by atoms with Gasteiger partial charge in [0.05, 0.1) is 0 Å². The van der Waals surface area contributed by atoms with Gasteiger partial charge in [-0.25, -0.2) is 0 Å². The van der Waals surface area contributed by atoms with Crippen LogP contribution in [0.5, 0.6) is 0 Å². The van der Waals surface area contributed by atoms with Crippen molar-refractivity contribution in [3.05, 3.63) is 28.2 Å². The van der Waals surface area contributed by atoms with Gasteiger partial charge in [0.1, 0.15) is 0 Å². The Balaban J connectivity index is 2.65. The average Bonchev–Trinajstić information content (AvgIpc) is 2.17.